The molecule has 2 aliphatic rings. The highest BCUT2D eigenvalue weighted by Crippen LogP contribution is 2.36. The van der Waals surface area contributed by atoms with Crippen LogP contribution >= 0.6 is 0 Å². The van der Waals surface area contributed by atoms with E-state index in [2.05, 4.69) is 26.1 Å². The monoisotopic (exact) mass is 694 g/mol. The molecule has 14 heteroatoms. The number of benzene rings is 2. The first kappa shape index (κ1) is 35.1. The molecule has 5 atom stereocenters. The summed E-state index contributed by atoms with van der Waals surface area (Å²) in [7, 11) is 3.24. The van der Waals surface area contributed by atoms with Crippen molar-refractivity contribution < 1.29 is 28.5 Å². The van der Waals surface area contributed by atoms with Crippen molar-refractivity contribution in [2.24, 2.45) is 18.9 Å². The number of hydrogen-bond acceptors (Lipinski definition) is 8. The molecule has 2 aromatic carbocycles. The zero-order valence-corrected chi connectivity index (χ0v) is 28.8. The summed E-state index contributed by atoms with van der Waals surface area (Å²) in [6.07, 6.45) is 3.49. The van der Waals surface area contributed by atoms with Crippen molar-refractivity contribution in [1.29, 1.82) is 0 Å². The summed E-state index contributed by atoms with van der Waals surface area (Å²) in [6, 6.07) is 18.5. The first-order chi connectivity index (χ1) is 24.6. The minimum absolute atomic E-state index is 0.00238. The maximum atomic E-state index is 14.5. The molecule has 6 rings (SSSR count). The Labute approximate surface area is 295 Å². The molecule has 0 radical (unpaired) electrons. The second kappa shape index (κ2) is 15.4. The largest absolute Gasteiger partial charge is 0.361 e. The summed E-state index contributed by atoms with van der Waals surface area (Å²) < 4.78 is 6.88. The quantitative estimate of drug-likeness (QED) is 0.225. The molecule has 2 saturated heterocycles. The number of aryl methyl sites for hydroxylation is 2. The van der Waals surface area contributed by atoms with Crippen molar-refractivity contribution in [1.82, 2.24) is 40.5 Å². The van der Waals surface area contributed by atoms with Crippen LogP contribution in [0.3, 0.4) is 0 Å². The van der Waals surface area contributed by atoms with Gasteiger partial charge in [0.1, 0.15) is 11.8 Å². The van der Waals surface area contributed by atoms with E-state index >= 15 is 0 Å². The summed E-state index contributed by atoms with van der Waals surface area (Å²) in [5.41, 5.74) is 2.16. The smallest absolute Gasteiger partial charge is 0.289 e. The van der Waals surface area contributed by atoms with Crippen molar-refractivity contribution in [3.63, 3.8) is 0 Å². The predicted molar refractivity (Wildman–Crippen MR) is 185 cm³/mol. The van der Waals surface area contributed by atoms with Crippen LogP contribution in [0.4, 0.5) is 0 Å². The highest BCUT2D eigenvalue weighted by Gasteiger charge is 2.46. The fraction of sp³-hybridized carbons (Fsp3) is 0.378. The molecule has 4 heterocycles. The van der Waals surface area contributed by atoms with Crippen LogP contribution in [-0.2, 0) is 32.6 Å². The fourth-order valence-corrected chi connectivity index (χ4v) is 7.05. The van der Waals surface area contributed by atoms with Crippen molar-refractivity contribution in [2.75, 3.05) is 33.2 Å². The average molecular weight is 695 g/mol. The number of piperidine rings is 1. The maximum absolute atomic E-state index is 14.5. The molecule has 0 bridgehead atoms. The summed E-state index contributed by atoms with van der Waals surface area (Å²) in [4.78, 5) is 75.9. The number of likely N-dealkylation sites (N-methyl/N-ethyl adjacent to an activating group) is 1. The molecule has 3 N–H and O–H groups in total. The molecular formula is C37H42N8O6. The van der Waals surface area contributed by atoms with Crippen molar-refractivity contribution in [3.8, 4) is 0 Å². The number of imidazole rings is 1. The molecule has 4 aromatic rings. The van der Waals surface area contributed by atoms with E-state index in [-0.39, 0.29) is 55.5 Å². The van der Waals surface area contributed by atoms with Crippen molar-refractivity contribution >= 4 is 29.5 Å². The molecule has 266 valence electrons. The Morgan fingerprint density at radius 1 is 0.941 bits per heavy atom. The minimum Gasteiger partial charge on any atom is -0.361 e. The van der Waals surface area contributed by atoms with Crippen LogP contribution in [0.1, 0.15) is 51.6 Å². The number of nitrogens with zero attached hydrogens (tertiary/aromatic N) is 5. The van der Waals surface area contributed by atoms with Crippen LogP contribution in [0.5, 0.6) is 0 Å². The number of carbonyl (C=O) groups is 5. The van der Waals surface area contributed by atoms with Gasteiger partial charge in [-0.2, -0.15) is 0 Å². The topological polar surface area (TPSA) is 172 Å². The lowest BCUT2D eigenvalue weighted by molar-refractivity contribution is -0.141. The first-order valence-corrected chi connectivity index (χ1v) is 17.0. The molecule has 1 unspecified atom stereocenters. The predicted octanol–water partition coefficient (Wildman–Crippen LogP) is 1.75. The number of aromatic nitrogens is 3. The van der Waals surface area contributed by atoms with Gasteiger partial charge in [0.05, 0.1) is 24.0 Å². The van der Waals surface area contributed by atoms with Gasteiger partial charge in [0.2, 0.25) is 23.6 Å². The van der Waals surface area contributed by atoms with Gasteiger partial charge in [-0.25, -0.2) is 4.98 Å². The summed E-state index contributed by atoms with van der Waals surface area (Å²) >= 11 is 0. The lowest BCUT2D eigenvalue weighted by Crippen LogP contribution is -2.58. The molecule has 14 nitrogen and oxygen atoms in total. The Balaban J connectivity index is 1.25. The lowest BCUT2D eigenvalue weighted by atomic mass is 9.85. The Bertz CT molecular complexity index is 1880. The third kappa shape index (κ3) is 7.84. The third-order valence-electron chi connectivity index (χ3n) is 9.71. The van der Waals surface area contributed by atoms with Gasteiger partial charge in [-0.05, 0) is 24.5 Å². The van der Waals surface area contributed by atoms with E-state index in [1.165, 1.54) is 7.05 Å². The molecule has 2 aliphatic heterocycles. The van der Waals surface area contributed by atoms with E-state index in [9.17, 15) is 24.0 Å². The molecule has 0 aliphatic carbocycles. The number of likely N-dealkylation sites (tertiary alicyclic amines) is 2. The molecule has 2 fully saturated rings. The second-order valence-electron chi connectivity index (χ2n) is 13.1. The van der Waals surface area contributed by atoms with Gasteiger partial charge < -0.3 is 34.8 Å². The van der Waals surface area contributed by atoms with Gasteiger partial charge in [0.25, 0.3) is 5.91 Å². The van der Waals surface area contributed by atoms with E-state index < -0.39 is 35.7 Å². The van der Waals surface area contributed by atoms with Crippen LogP contribution in [0, 0.1) is 18.8 Å². The highest BCUT2D eigenvalue weighted by atomic mass is 16.5. The van der Waals surface area contributed by atoms with Gasteiger partial charge in [0, 0.05) is 70.7 Å². The molecule has 2 aromatic heterocycles. The molecule has 0 spiro atoms. The van der Waals surface area contributed by atoms with E-state index in [0.717, 1.165) is 5.56 Å². The van der Waals surface area contributed by atoms with Crippen LogP contribution in [-0.4, -0.2) is 93.3 Å². The summed E-state index contributed by atoms with van der Waals surface area (Å²) in [6.45, 7) is 2.54. The van der Waals surface area contributed by atoms with E-state index in [1.54, 1.807) is 71.1 Å². The zero-order valence-electron chi connectivity index (χ0n) is 28.8. The number of amides is 5. The van der Waals surface area contributed by atoms with E-state index in [4.69, 9.17) is 4.52 Å². The zero-order chi connectivity index (χ0) is 36.1. The Hall–Kier alpha value is -5.79. The van der Waals surface area contributed by atoms with E-state index in [1.807, 2.05) is 36.4 Å². The summed E-state index contributed by atoms with van der Waals surface area (Å²) in [5.74, 6) is -2.78. The van der Waals surface area contributed by atoms with E-state index in [0.29, 0.717) is 30.0 Å². The molecular weight excluding hydrogens is 652 g/mol. The molecule has 51 heavy (non-hydrogen) atoms. The highest BCUT2D eigenvalue weighted by molar-refractivity contribution is 5.93. The Kier molecular flexibility index (Phi) is 10.6. The maximum Gasteiger partial charge on any atom is 0.289 e. The average Bonchev–Trinajstić information content (AvgIpc) is 3.90. The van der Waals surface area contributed by atoms with Gasteiger partial charge in [0.15, 0.2) is 5.82 Å². The normalized spacial score (nSPS) is 20.8. The number of rotatable bonds is 10. The summed E-state index contributed by atoms with van der Waals surface area (Å²) in [5, 5.41) is 12.3. The lowest BCUT2D eigenvalue weighted by Gasteiger charge is -2.40. The number of carbonyl (C=O) groups excluding carboxylic acids is 5. The van der Waals surface area contributed by atoms with Gasteiger partial charge in [-0.3, -0.25) is 24.0 Å². The van der Waals surface area contributed by atoms with Crippen LogP contribution in [0.15, 0.2) is 83.6 Å². The number of nitrogens with one attached hydrogen (secondary N) is 3. The van der Waals surface area contributed by atoms with Gasteiger partial charge in [-0.1, -0.05) is 65.8 Å². The molecule has 5 amide bonds. The Morgan fingerprint density at radius 3 is 2.29 bits per heavy atom. The SMILES string of the molecule is CNC(=O)[C@@H](NC(=O)C1CN(C(=O)[C@@H]2CN(C(=O)c3nccn3C)C[C@H]2c2ccccc2)CC[C@@H]1NC(=O)Cc1cc(C)no1)c1ccccc1. The minimum atomic E-state index is -0.994. The van der Waals surface area contributed by atoms with Gasteiger partial charge >= 0.3 is 0 Å². The fourth-order valence-electron chi connectivity index (χ4n) is 7.05. The first-order valence-electron chi connectivity index (χ1n) is 17.0. The third-order valence-corrected chi connectivity index (χ3v) is 9.71. The van der Waals surface area contributed by atoms with Crippen molar-refractivity contribution in [3.05, 3.63) is 108 Å². The van der Waals surface area contributed by atoms with Crippen molar-refractivity contribution in [2.45, 2.75) is 37.8 Å². The second-order valence-corrected chi connectivity index (χ2v) is 13.1. The van der Waals surface area contributed by atoms with Crippen LogP contribution in [0.2, 0.25) is 0 Å². The van der Waals surface area contributed by atoms with Crippen LogP contribution in [0.25, 0.3) is 0 Å². The van der Waals surface area contributed by atoms with Gasteiger partial charge in [-0.15, -0.1) is 0 Å². The molecule has 0 saturated carbocycles. The number of hydrogen-bond donors (Lipinski definition) is 3. The van der Waals surface area contributed by atoms with Crippen LogP contribution < -0.4 is 16.0 Å². The standard InChI is InChI=1S/C37H42N8O6/c1-23-18-26(51-42-23)19-31(46)40-30-14-16-44(22-29(30)34(47)41-32(35(48)38-2)25-12-8-5-9-13-25)36(49)28-21-45(37(50)33-39-15-17-43(33)3)20-27(28)24-10-6-4-7-11-24/h4-13,15,17-18,27-30,32H,14,16,19-22H2,1-3H3,(H,38,48)(H,40,46)(H,41,47)/t27-,28+,29?,30-,32-/m0/s1. The Morgan fingerprint density at radius 2 is 1.65 bits per heavy atom.